The highest BCUT2D eigenvalue weighted by Crippen LogP contribution is 2.23. The Hall–Kier alpha value is -0.940. The van der Waals surface area contributed by atoms with Crippen molar-refractivity contribution >= 4 is 5.91 Å². The lowest BCUT2D eigenvalue weighted by Crippen LogP contribution is -2.66. The van der Waals surface area contributed by atoms with E-state index in [9.17, 15) is 28.2 Å². The summed E-state index contributed by atoms with van der Waals surface area (Å²) >= 11 is 0. The van der Waals surface area contributed by atoms with Crippen LogP contribution in [-0.4, -0.2) is 66.6 Å². The Labute approximate surface area is 106 Å². The minimum atomic E-state index is -5.12. The van der Waals surface area contributed by atoms with Gasteiger partial charge < -0.3 is 30.7 Å². The zero-order valence-electron chi connectivity index (χ0n) is 9.92. The smallest absolute Gasteiger partial charge is 0.388 e. The predicted octanol–water partition coefficient (Wildman–Crippen LogP) is -1.91. The number of amides is 1. The number of halogens is 3. The van der Waals surface area contributed by atoms with Gasteiger partial charge in [-0.1, -0.05) is 0 Å². The molecule has 1 rings (SSSR count). The molecular weight excluding hydrogens is 273 g/mol. The number of carbonyl (C=O) groups is 1. The van der Waals surface area contributed by atoms with Gasteiger partial charge in [-0.15, -0.1) is 0 Å². The number of aliphatic hydroxyl groups excluding tert-OH is 2. The van der Waals surface area contributed by atoms with Crippen LogP contribution in [0.25, 0.3) is 0 Å². The number of aliphatic hydroxyl groups is 2. The maximum Gasteiger partial charge on any atom is 0.471 e. The van der Waals surface area contributed by atoms with Crippen LogP contribution in [-0.2, 0) is 14.3 Å². The number of carbonyl (C=O) groups excluding carboxylic acids is 1. The van der Waals surface area contributed by atoms with Crippen LogP contribution < -0.4 is 11.1 Å². The second-order valence-electron chi connectivity index (χ2n) is 3.99. The number of hydrogen-bond donors (Lipinski definition) is 4. The summed E-state index contributed by atoms with van der Waals surface area (Å²) in [5.41, 5.74) is 5.27. The fraction of sp³-hybridized carbons (Fsp3) is 0.889. The molecule has 19 heavy (non-hydrogen) atoms. The molecule has 0 bridgehead atoms. The number of alkyl halides is 3. The predicted molar refractivity (Wildman–Crippen MR) is 54.7 cm³/mol. The number of nitrogens with one attached hydrogen (secondary N) is 1. The van der Waals surface area contributed by atoms with Gasteiger partial charge in [-0.3, -0.25) is 4.79 Å². The van der Waals surface area contributed by atoms with Crippen LogP contribution in [0.2, 0.25) is 0 Å². The van der Waals surface area contributed by atoms with Crippen molar-refractivity contribution in [3.8, 4) is 0 Å². The summed E-state index contributed by atoms with van der Waals surface area (Å²) in [6.45, 7) is -0.169. The maximum atomic E-state index is 12.1. The first-order valence-electron chi connectivity index (χ1n) is 5.34. The van der Waals surface area contributed by atoms with Gasteiger partial charge in [-0.05, 0) is 0 Å². The summed E-state index contributed by atoms with van der Waals surface area (Å²) in [6, 6.07) is -1.56. The third-order valence-corrected chi connectivity index (χ3v) is 2.72. The quantitative estimate of drug-likeness (QED) is 0.482. The van der Waals surface area contributed by atoms with Crippen molar-refractivity contribution in [2.75, 3.05) is 13.7 Å². The molecule has 1 heterocycles. The third kappa shape index (κ3) is 3.54. The zero-order valence-corrected chi connectivity index (χ0v) is 9.92. The first-order valence-corrected chi connectivity index (χ1v) is 5.34. The number of hydrogen-bond acceptors (Lipinski definition) is 6. The monoisotopic (exact) mass is 288 g/mol. The van der Waals surface area contributed by atoms with Crippen molar-refractivity contribution in [1.29, 1.82) is 0 Å². The van der Waals surface area contributed by atoms with Crippen molar-refractivity contribution in [1.82, 2.24) is 5.32 Å². The SMILES string of the molecule is COC1O[C@H](CN)[C@H](O)[C@H](O)[C@@H]1NC(=O)C(F)(F)F. The Bertz CT molecular complexity index is 325. The van der Waals surface area contributed by atoms with Gasteiger partial charge in [0.1, 0.15) is 24.4 Å². The van der Waals surface area contributed by atoms with Gasteiger partial charge in [0, 0.05) is 13.7 Å². The maximum absolute atomic E-state index is 12.1. The second kappa shape index (κ2) is 6.01. The fourth-order valence-electron chi connectivity index (χ4n) is 1.71. The molecule has 0 spiro atoms. The van der Waals surface area contributed by atoms with Crippen LogP contribution >= 0.6 is 0 Å². The molecule has 1 amide bonds. The zero-order chi connectivity index (χ0) is 14.8. The molecule has 0 aliphatic carbocycles. The van der Waals surface area contributed by atoms with Crippen molar-refractivity contribution < 1.29 is 37.7 Å². The normalized spacial score (nSPS) is 36.1. The molecule has 0 aromatic carbocycles. The van der Waals surface area contributed by atoms with Crippen molar-refractivity contribution in [2.24, 2.45) is 5.73 Å². The van der Waals surface area contributed by atoms with E-state index < -0.39 is 42.7 Å². The van der Waals surface area contributed by atoms with E-state index in [4.69, 9.17) is 15.2 Å². The van der Waals surface area contributed by atoms with Crippen LogP contribution in [0.5, 0.6) is 0 Å². The molecule has 10 heteroatoms. The lowest BCUT2D eigenvalue weighted by atomic mass is 9.96. The van der Waals surface area contributed by atoms with E-state index in [2.05, 4.69) is 0 Å². The Morgan fingerprint density at radius 1 is 1.42 bits per heavy atom. The minimum Gasteiger partial charge on any atom is -0.388 e. The highest BCUT2D eigenvalue weighted by Gasteiger charge is 2.48. The summed E-state index contributed by atoms with van der Waals surface area (Å²) in [6.07, 6.45) is -10.7. The van der Waals surface area contributed by atoms with Gasteiger partial charge in [0.2, 0.25) is 0 Å². The van der Waals surface area contributed by atoms with Crippen LogP contribution in [0.3, 0.4) is 0 Å². The van der Waals surface area contributed by atoms with Crippen molar-refractivity contribution in [2.45, 2.75) is 36.8 Å². The van der Waals surface area contributed by atoms with E-state index in [1.165, 1.54) is 5.32 Å². The van der Waals surface area contributed by atoms with Gasteiger partial charge in [0.05, 0.1) is 0 Å². The summed E-state index contributed by atoms with van der Waals surface area (Å²) in [5, 5.41) is 20.8. The molecule has 1 saturated heterocycles. The molecule has 0 radical (unpaired) electrons. The van der Waals surface area contributed by atoms with Gasteiger partial charge in [-0.25, -0.2) is 0 Å². The lowest BCUT2D eigenvalue weighted by molar-refractivity contribution is -0.256. The van der Waals surface area contributed by atoms with Crippen LogP contribution in [0, 0.1) is 0 Å². The number of methoxy groups -OCH3 is 1. The van der Waals surface area contributed by atoms with Crippen LogP contribution in [0.4, 0.5) is 13.2 Å². The molecule has 0 aromatic rings. The summed E-state index contributed by atoms with van der Waals surface area (Å²) in [7, 11) is 1.12. The number of nitrogens with two attached hydrogens (primary N) is 1. The Balaban J connectivity index is 2.82. The number of rotatable bonds is 3. The second-order valence-corrected chi connectivity index (χ2v) is 3.99. The van der Waals surface area contributed by atoms with Crippen molar-refractivity contribution in [3.63, 3.8) is 0 Å². The van der Waals surface area contributed by atoms with Crippen LogP contribution in [0.15, 0.2) is 0 Å². The van der Waals surface area contributed by atoms with Gasteiger partial charge in [-0.2, -0.15) is 13.2 Å². The molecule has 7 nitrogen and oxygen atoms in total. The standard InChI is InChI=1S/C9H15F3N2O5/c1-18-7-4(14-8(17)9(10,11)12)6(16)5(15)3(2-13)19-7/h3-7,15-16H,2,13H2,1H3,(H,14,17)/t3-,4+,5+,6-,7?/m1/s1. The average molecular weight is 288 g/mol. The first kappa shape index (κ1) is 16.1. The van der Waals surface area contributed by atoms with Gasteiger partial charge >= 0.3 is 12.1 Å². The molecular formula is C9H15F3N2O5. The molecule has 0 aromatic heterocycles. The summed E-state index contributed by atoms with van der Waals surface area (Å²) in [5.74, 6) is -2.26. The molecule has 1 aliphatic rings. The Morgan fingerprint density at radius 3 is 2.42 bits per heavy atom. The summed E-state index contributed by atoms with van der Waals surface area (Å²) in [4.78, 5) is 10.8. The van der Waals surface area contributed by atoms with E-state index in [0.29, 0.717) is 0 Å². The molecule has 1 unspecified atom stereocenters. The molecule has 0 saturated carbocycles. The van der Waals surface area contributed by atoms with E-state index in [1.807, 2.05) is 0 Å². The molecule has 5 N–H and O–H groups in total. The highest BCUT2D eigenvalue weighted by molar-refractivity contribution is 5.82. The minimum absolute atomic E-state index is 0.169. The topological polar surface area (TPSA) is 114 Å². The molecule has 1 fully saturated rings. The average Bonchev–Trinajstić information content (AvgIpc) is 2.34. The van der Waals surface area contributed by atoms with E-state index in [0.717, 1.165) is 7.11 Å². The number of ether oxygens (including phenoxy) is 2. The molecule has 112 valence electrons. The lowest BCUT2D eigenvalue weighted by Gasteiger charge is -2.42. The molecule has 1 aliphatic heterocycles. The van der Waals surface area contributed by atoms with Crippen LogP contribution in [0.1, 0.15) is 0 Å². The highest BCUT2D eigenvalue weighted by atomic mass is 19.4. The van der Waals surface area contributed by atoms with Crippen molar-refractivity contribution in [3.05, 3.63) is 0 Å². The van der Waals surface area contributed by atoms with Gasteiger partial charge in [0.15, 0.2) is 6.29 Å². The van der Waals surface area contributed by atoms with E-state index in [1.54, 1.807) is 0 Å². The van der Waals surface area contributed by atoms with E-state index in [-0.39, 0.29) is 6.54 Å². The van der Waals surface area contributed by atoms with E-state index >= 15 is 0 Å². The third-order valence-electron chi connectivity index (χ3n) is 2.72. The molecule has 5 atom stereocenters. The fourth-order valence-corrected chi connectivity index (χ4v) is 1.71. The summed E-state index contributed by atoms with van der Waals surface area (Å²) < 4.78 is 46.2. The largest absolute Gasteiger partial charge is 0.471 e. The first-order chi connectivity index (χ1) is 8.72. The van der Waals surface area contributed by atoms with Gasteiger partial charge in [0.25, 0.3) is 0 Å². The Morgan fingerprint density at radius 2 is 2.00 bits per heavy atom. The Kier molecular flexibility index (Phi) is 5.10.